The molecule has 1 aliphatic heterocycles. The van der Waals surface area contributed by atoms with E-state index < -0.39 is 18.8 Å². The van der Waals surface area contributed by atoms with Gasteiger partial charge in [0.25, 0.3) is 0 Å². The van der Waals surface area contributed by atoms with Crippen LogP contribution in [0.5, 0.6) is 0 Å². The number of aromatic nitrogens is 1. The van der Waals surface area contributed by atoms with Crippen LogP contribution in [0.1, 0.15) is 11.4 Å². The summed E-state index contributed by atoms with van der Waals surface area (Å²) in [5.74, 6) is -0.375. The van der Waals surface area contributed by atoms with Gasteiger partial charge < -0.3 is 10.6 Å². The topological polar surface area (TPSA) is 57.3 Å². The standard InChI is InChI=1S/C13H19F3N4OS.2ClH/c14-13(15,16)10(20-6-3-17-4-7-20)9-19-11(21)1-2-12-18-5-8-22-12;;/h5,8,10,17H,1-4,6-7,9H2,(H,19,21);2*1H. The molecule has 1 atom stereocenters. The number of hydrogen-bond acceptors (Lipinski definition) is 5. The number of aryl methyl sites for hydroxylation is 1. The smallest absolute Gasteiger partial charge is 0.354 e. The molecule has 140 valence electrons. The number of thiazole rings is 1. The molecule has 2 heterocycles. The molecule has 0 aliphatic carbocycles. The lowest BCUT2D eigenvalue weighted by Gasteiger charge is -2.35. The number of hydrogen-bond donors (Lipinski definition) is 2. The molecule has 1 aliphatic rings. The molecule has 1 amide bonds. The fourth-order valence-corrected chi connectivity index (χ4v) is 2.96. The van der Waals surface area contributed by atoms with Crippen LogP contribution >= 0.6 is 36.2 Å². The SMILES string of the molecule is Cl.Cl.O=C(CCc1nccs1)NCC(N1CCNCC1)C(F)(F)F. The Labute approximate surface area is 155 Å². The molecule has 0 aromatic carbocycles. The number of rotatable bonds is 6. The van der Waals surface area contributed by atoms with Gasteiger partial charge in [0, 0.05) is 57.1 Å². The summed E-state index contributed by atoms with van der Waals surface area (Å²) in [6.45, 7) is 1.33. The Morgan fingerprint density at radius 1 is 1.38 bits per heavy atom. The molecule has 0 radical (unpaired) electrons. The highest BCUT2D eigenvalue weighted by atomic mass is 35.5. The molecule has 2 rings (SSSR count). The Balaban J connectivity index is 0.00000264. The third-order valence-electron chi connectivity index (χ3n) is 3.51. The number of halogens is 5. The minimum absolute atomic E-state index is 0. The number of nitrogens with zero attached hydrogens (tertiary/aromatic N) is 2. The third-order valence-corrected chi connectivity index (χ3v) is 4.35. The van der Waals surface area contributed by atoms with E-state index in [1.165, 1.54) is 16.2 Å². The number of carbonyl (C=O) groups excluding carboxylic acids is 1. The van der Waals surface area contributed by atoms with Gasteiger partial charge in [-0.2, -0.15) is 13.2 Å². The van der Waals surface area contributed by atoms with E-state index in [-0.39, 0.29) is 37.1 Å². The molecule has 0 bridgehead atoms. The minimum atomic E-state index is -4.35. The molecule has 0 saturated carbocycles. The van der Waals surface area contributed by atoms with Gasteiger partial charge in [-0.15, -0.1) is 36.2 Å². The van der Waals surface area contributed by atoms with Gasteiger partial charge in [-0.25, -0.2) is 4.98 Å². The fourth-order valence-electron chi connectivity index (χ4n) is 2.34. The van der Waals surface area contributed by atoms with Crippen molar-refractivity contribution < 1.29 is 18.0 Å². The van der Waals surface area contributed by atoms with Crippen LogP contribution in [0.2, 0.25) is 0 Å². The first-order valence-electron chi connectivity index (χ1n) is 7.13. The van der Waals surface area contributed by atoms with Gasteiger partial charge in [0.2, 0.25) is 5.91 Å². The highest BCUT2D eigenvalue weighted by Crippen LogP contribution is 2.24. The lowest BCUT2D eigenvalue weighted by Crippen LogP contribution is -2.57. The van der Waals surface area contributed by atoms with Gasteiger partial charge in [-0.3, -0.25) is 9.69 Å². The van der Waals surface area contributed by atoms with E-state index in [0.29, 0.717) is 32.6 Å². The summed E-state index contributed by atoms with van der Waals surface area (Å²) in [6.07, 6.45) is -2.10. The van der Waals surface area contributed by atoms with Crippen LogP contribution in [0.3, 0.4) is 0 Å². The zero-order valence-electron chi connectivity index (χ0n) is 12.8. The molecular formula is C13H21Cl2F3N4OS. The predicted octanol–water partition coefficient (Wildman–Crippen LogP) is 1.87. The molecule has 1 aromatic heterocycles. The van der Waals surface area contributed by atoms with Crippen LogP contribution in [-0.2, 0) is 11.2 Å². The normalized spacial score (nSPS) is 16.6. The summed E-state index contributed by atoms with van der Waals surface area (Å²) in [4.78, 5) is 17.1. The summed E-state index contributed by atoms with van der Waals surface area (Å²) < 4.78 is 39.4. The first-order chi connectivity index (χ1) is 10.5. The molecule has 1 saturated heterocycles. The van der Waals surface area contributed by atoms with E-state index in [0.717, 1.165) is 5.01 Å². The molecule has 1 unspecified atom stereocenters. The van der Waals surface area contributed by atoms with Crippen molar-refractivity contribution in [1.29, 1.82) is 0 Å². The van der Waals surface area contributed by atoms with Crippen molar-refractivity contribution in [2.45, 2.75) is 25.1 Å². The number of nitrogens with one attached hydrogen (secondary N) is 2. The molecule has 0 spiro atoms. The van der Waals surface area contributed by atoms with Gasteiger partial charge in [0.05, 0.1) is 5.01 Å². The van der Waals surface area contributed by atoms with Crippen LogP contribution in [-0.4, -0.2) is 60.7 Å². The Hall–Kier alpha value is -0.610. The van der Waals surface area contributed by atoms with Crippen molar-refractivity contribution in [2.24, 2.45) is 0 Å². The van der Waals surface area contributed by atoms with Crippen LogP contribution < -0.4 is 10.6 Å². The van der Waals surface area contributed by atoms with Crippen LogP contribution in [0.4, 0.5) is 13.2 Å². The zero-order chi connectivity index (χ0) is 16.0. The maximum Gasteiger partial charge on any atom is 0.405 e. The molecule has 5 nitrogen and oxygen atoms in total. The fraction of sp³-hybridized carbons (Fsp3) is 0.692. The highest BCUT2D eigenvalue weighted by Gasteiger charge is 2.43. The predicted molar refractivity (Wildman–Crippen MR) is 92.2 cm³/mol. The van der Waals surface area contributed by atoms with Gasteiger partial charge in [-0.05, 0) is 0 Å². The lowest BCUT2D eigenvalue weighted by atomic mass is 10.2. The van der Waals surface area contributed by atoms with E-state index in [4.69, 9.17) is 0 Å². The first kappa shape index (κ1) is 23.4. The van der Waals surface area contributed by atoms with Crippen molar-refractivity contribution in [2.75, 3.05) is 32.7 Å². The number of amides is 1. The second kappa shape index (κ2) is 11.1. The largest absolute Gasteiger partial charge is 0.405 e. The highest BCUT2D eigenvalue weighted by molar-refractivity contribution is 7.09. The van der Waals surface area contributed by atoms with Crippen molar-refractivity contribution >= 4 is 42.1 Å². The maximum atomic E-state index is 13.1. The number of carbonyl (C=O) groups is 1. The quantitative estimate of drug-likeness (QED) is 0.754. The molecule has 2 N–H and O–H groups in total. The zero-order valence-corrected chi connectivity index (χ0v) is 15.3. The van der Waals surface area contributed by atoms with Crippen LogP contribution in [0.15, 0.2) is 11.6 Å². The second-order valence-electron chi connectivity index (χ2n) is 5.07. The molecule has 1 aromatic rings. The lowest BCUT2D eigenvalue weighted by molar-refractivity contribution is -0.184. The Morgan fingerprint density at radius 2 is 2.04 bits per heavy atom. The summed E-state index contributed by atoms with van der Waals surface area (Å²) >= 11 is 1.43. The third kappa shape index (κ3) is 7.52. The van der Waals surface area contributed by atoms with Crippen LogP contribution in [0.25, 0.3) is 0 Å². The van der Waals surface area contributed by atoms with Gasteiger partial charge in [-0.1, -0.05) is 0 Å². The monoisotopic (exact) mass is 408 g/mol. The second-order valence-corrected chi connectivity index (χ2v) is 6.05. The van der Waals surface area contributed by atoms with E-state index in [1.807, 2.05) is 0 Å². The average molecular weight is 409 g/mol. The number of piperazine rings is 1. The van der Waals surface area contributed by atoms with Crippen molar-refractivity contribution in [3.05, 3.63) is 16.6 Å². The average Bonchev–Trinajstić information content (AvgIpc) is 2.98. The van der Waals surface area contributed by atoms with E-state index in [9.17, 15) is 18.0 Å². The van der Waals surface area contributed by atoms with Gasteiger partial charge >= 0.3 is 6.18 Å². The summed E-state index contributed by atoms with van der Waals surface area (Å²) in [7, 11) is 0. The summed E-state index contributed by atoms with van der Waals surface area (Å²) in [5, 5.41) is 8.04. The minimum Gasteiger partial charge on any atom is -0.354 e. The molecular weight excluding hydrogens is 388 g/mol. The Bertz CT molecular complexity index is 470. The van der Waals surface area contributed by atoms with E-state index >= 15 is 0 Å². The van der Waals surface area contributed by atoms with Crippen molar-refractivity contribution in [1.82, 2.24) is 20.5 Å². The molecule has 1 fully saturated rings. The van der Waals surface area contributed by atoms with Crippen molar-refractivity contribution in [3.8, 4) is 0 Å². The Morgan fingerprint density at radius 3 is 2.58 bits per heavy atom. The maximum absolute atomic E-state index is 13.1. The van der Waals surface area contributed by atoms with Crippen molar-refractivity contribution in [3.63, 3.8) is 0 Å². The van der Waals surface area contributed by atoms with Gasteiger partial charge in [0.1, 0.15) is 6.04 Å². The van der Waals surface area contributed by atoms with Crippen LogP contribution in [0, 0.1) is 0 Å². The Kier molecular flexibility index (Phi) is 10.8. The molecule has 11 heteroatoms. The number of alkyl halides is 3. The summed E-state index contributed by atoms with van der Waals surface area (Å²) in [5.41, 5.74) is 0. The summed E-state index contributed by atoms with van der Waals surface area (Å²) in [6, 6.07) is -1.63. The molecule has 24 heavy (non-hydrogen) atoms. The van der Waals surface area contributed by atoms with E-state index in [2.05, 4.69) is 15.6 Å². The van der Waals surface area contributed by atoms with E-state index in [1.54, 1.807) is 11.6 Å². The van der Waals surface area contributed by atoms with Gasteiger partial charge in [0.15, 0.2) is 0 Å². The first-order valence-corrected chi connectivity index (χ1v) is 8.01.